The summed E-state index contributed by atoms with van der Waals surface area (Å²) in [5.41, 5.74) is 0. The van der Waals surface area contributed by atoms with Crippen molar-refractivity contribution in [2.24, 2.45) is 0 Å². The molecule has 5 heteroatoms. The van der Waals surface area contributed by atoms with Crippen molar-refractivity contribution in [2.75, 3.05) is 13.6 Å². The SMILES string of the molecule is CCCCCCCCN1C(=O)CC(=O)N(C)C1=O. The Hall–Kier alpha value is -1.39. The Balaban J connectivity index is 2.30. The van der Waals surface area contributed by atoms with E-state index in [0.29, 0.717) is 6.54 Å². The predicted molar refractivity (Wildman–Crippen MR) is 67.9 cm³/mol. The first-order valence-electron chi connectivity index (χ1n) is 6.68. The number of carbonyl (C=O) groups is 3. The summed E-state index contributed by atoms with van der Waals surface area (Å²) in [7, 11) is 1.42. The van der Waals surface area contributed by atoms with E-state index in [4.69, 9.17) is 0 Å². The molecule has 5 nitrogen and oxygen atoms in total. The Morgan fingerprint density at radius 2 is 1.56 bits per heavy atom. The van der Waals surface area contributed by atoms with E-state index < -0.39 is 11.9 Å². The molecule has 1 aliphatic heterocycles. The second-order valence-corrected chi connectivity index (χ2v) is 4.73. The minimum atomic E-state index is -0.482. The van der Waals surface area contributed by atoms with E-state index in [-0.39, 0.29) is 12.3 Å². The molecule has 18 heavy (non-hydrogen) atoms. The van der Waals surface area contributed by atoms with Crippen molar-refractivity contribution < 1.29 is 14.4 Å². The van der Waals surface area contributed by atoms with E-state index in [0.717, 1.165) is 24.2 Å². The number of hydrogen-bond acceptors (Lipinski definition) is 3. The van der Waals surface area contributed by atoms with E-state index in [2.05, 4.69) is 6.92 Å². The van der Waals surface area contributed by atoms with Crippen molar-refractivity contribution in [1.82, 2.24) is 9.80 Å². The minimum Gasteiger partial charge on any atom is -0.274 e. The van der Waals surface area contributed by atoms with Gasteiger partial charge in [-0.15, -0.1) is 0 Å². The molecule has 1 saturated heterocycles. The third kappa shape index (κ3) is 3.82. The topological polar surface area (TPSA) is 57.7 Å². The highest BCUT2D eigenvalue weighted by Gasteiger charge is 2.34. The number of unbranched alkanes of at least 4 members (excludes halogenated alkanes) is 5. The van der Waals surface area contributed by atoms with Crippen molar-refractivity contribution in [3.8, 4) is 0 Å². The fraction of sp³-hybridized carbons (Fsp3) is 0.769. The molecule has 0 bridgehead atoms. The molecule has 1 rings (SSSR count). The van der Waals surface area contributed by atoms with Crippen LogP contribution >= 0.6 is 0 Å². The summed E-state index contributed by atoms with van der Waals surface area (Å²) < 4.78 is 0. The molecule has 0 unspecified atom stereocenters. The predicted octanol–water partition coefficient (Wildman–Crippen LogP) is 2.16. The van der Waals surface area contributed by atoms with Crippen LogP contribution in [-0.2, 0) is 9.59 Å². The molecule has 102 valence electrons. The Bertz CT molecular complexity index is 328. The van der Waals surface area contributed by atoms with Crippen LogP contribution in [-0.4, -0.2) is 41.2 Å². The van der Waals surface area contributed by atoms with E-state index in [9.17, 15) is 14.4 Å². The van der Waals surface area contributed by atoms with Crippen LogP contribution in [0.15, 0.2) is 0 Å². The molecular formula is C13H22N2O3. The summed E-state index contributed by atoms with van der Waals surface area (Å²) in [6.45, 7) is 2.60. The summed E-state index contributed by atoms with van der Waals surface area (Å²) in [5, 5.41) is 0. The maximum Gasteiger partial charge on any atom is 0.333 e. The Labute approximate surface area is 108 Å². The van der Waals surface area contributed by atoms with Crippen molar-refractivity contribution >= 4 is 17.8 Å². The van der Waals surface area contributed by atoms with Crippen LogP contribution in [0.3, 0.4) is 0 Å². The number of imide groups is 2. The van der Waals surface area contributed by atoms with Crippen molar-refractivity contribution in [3.63, 3.8) is 0 Å². The molecule has 4 amide bonds. The monoisotopic (exact) mass is 254 g/mol. The first-order valence-corrected chi connectivity index (χ1v) is 6.68. The van der Waals surface area contributed by atoms with Crippen LogP contribution in [0, 0.1) is 0 Å². The maximum atomic E-state index is 11.7. The highest BCUT2D eigenvalue weighted by atomic mass is 16.2. The summed E-state index contributed by atoms with van der Waals surface area (Å²) >= 11 is 0. The van der Waals surface area contributed by atoms with Gasteiger partial charge in [0.25, 0.3) is 0 Å². The number of hydrogen-bond donors (Lipinski definition) is 0. The van der Waals surface area contributed by atoms with Crippen LogP contribution in [0.2, 0.25) is 0 Å². The van der Waals surface area contributed by atoms with Crippen molar-refractivity contribution in [2.45, 2.75) is 51.9 Å². The molecule has 0 aliphatic carbocycles. The largest absolute Gasteiger partial charge is 0.333 e. The maximum absolute atomic E-state index is 11.7. The van der Waals surface area contributed by atoms with Crippen LogP contribution in [0.4, 0.5) is 4.79 Å². The molecule has 0 aromatic heterocycles. The fourth-order valence-corrected chi connectivity index (χ4v) is 2.01. The first kappa shape index (κ1) is 14.7. The van der Waals surface area contributed by atoms with Gasteiger partial charge < -0.3 is 0 Å². The van der Waals surface area contributed by atoms with Crippen molar-refractivity contribution in [3.05, 3.63) is 0 Å². The number of barbiturate groups is 1. The lowest BCUT2D eigenvalue weighted by Gasteiger charge is -2.30. The smallest absolute Gasteiger partial charge is 0.274 e. The van der Waals surface area contributed by atoms with Crippen molar-refractivity contribution in [1.29, 1.82) is 0 Å². The Kier molecular flexibility index (Phi) is 5.82. The summed E-state index contributed by atoms with van der Waals surface area (Å²) in [5.74, 6) is -0.777. The zero-order valence-electron chi connectivity index (χ0n) is 11.3. The Morgan fingerprint density at radius 1 is 0.944 bits per heavy atom. The van der Waals surface area contributed by atoms with Gasteiger partial charge in [-0.05, 0) is 6.42 Å². The molecule has 1 aliphatic rings. The van der Waals surface area contributed by atoms with Gasteiger partial charge in [-0.3, -0.25) is 19.4 Å². The van der Waals surface area contributed by atoms with Crippen LogP contribution < -0.4 is 0 Å². The van der Waals surface area contributed by atoms with Gasteiger partial charge in [0.15, 0.2) is 0 Å². The number of rotatable bonds is 7. The number of nitrogens with zero attached hydrogens (tertiary/aromatic N) is 2. The van der Waals surface area contributed by atoms with E-state index in [1.165, 1.54) is 31.2 Å². The van der Waals surface area contributed by atoms with E-state index in [1.807, 2.05) is 0 Å². The van der Waals surface area contributed by atoms with E-state index in [1.54, 1.807) is 0 Å². The molecule has 0 aromatic rings. The standard InChI is InChI=1S/C13H22N2O3/c1-3-4-5-6-7-8-9-15-12(17)10-11(16)14(2)13(15)18/h3-10H2,1-2H3. The molecule has 0 atom stereocenters. The quantitative estimate of drug-likeness (QED) is 0.516. The molecule has 1 fully saturated rings. The summed E-state index contributed by atoms with van der Waals surface area (Å²) in [4.78, 5) is 36.8. The summed E-state index contributed by atoms with van der Waals surface area (Å²) in [6.07, 6.45) is 6.44. The summed E-state index contributed by atoms with van der Waals surface area (Å²) in [6, 6.07) is -0.482. The van der Waals surface area contributed by atoms with Gasteiger partial charge in [0.05, 0.1) is 0 Å². The first-order chi connectivity index (χ1) is 8.57. The molecular weight excluding hydrogens is 232 g/mol. The lowest BCUT2D eigenvalue weighted by atomic mass is 10.1. The Morgan fingerprint density at radius 3 is 2.22 bits per heavy atom. The number of urea groups is 1. The number of amides is 4. The van der Waals surface area contributed by atoms with Crippen LogP contribution in [0.5, 0.6) is 0 Å². The average molecular weight is 254 g/mol. The zero-order chi connectivity index (χ0) is 13.5. The van der Waals surface area contributed by atoms with Gasteiger partial charge in [-0.2, -0.15) is 0 Å². The van der Waals surface area contributed by atoms with Gasteiger partial charge >= 0.3 is 6.03 Å². The number of carbonyl (C=O) groups excluding carboxylic acids is 3. The third-order valence-corrected chi connectivity index (χ3v) is 3.23. The van der Waals surface area contributed by atoms with Gasteiger partial charge in [0.2, 0.25) is 11.8 Å². The molecule has 1 heterocycles. The second kappa shape index (κ2) is 7.13. The minimum absolute atomic E-state index is 0.182. The lowest BCUT2D eigenvalue weighted by molar-refractivity contribution is -0.141. The van der Waals surface area contributed by atoms with Gasteiger partial charge in [0.1, 0.15) is 6.42 Å². The van der Waals surface area contributed by atoms with Crippen LogP contribution in [0.1, 0.15) is 51.9 Å². The second-order valence-electron chi connectivity index (χ2n) is 4.73. The highest BCUT2D eigenvalue weighted by Crippen LogP contribution is 2.12. The molecule has 0 saturated carbocycles. The fourth-order valence-electron chi connectivity index (χ4n) is 2.01. The zero-order valence-corrected chi connectivity index (χ0v) is 11.3. The third-order valence-electron chi connectivity index (χ3n) is 3.23. The molecule has 0 spiro atoms. The van der Waals surface area contributed by atoms with Gasteiger partial charge in [-0.1, -0.05) is 39.0 Å². The van der Waals surface area contributed by atoms with Gasteiger partial charge in [-0.25, -0.2) is 4.79 Å². The molecule has 0 radical (unpaired) electrons. The average Bonchev–Trinajstić information content (AvgIpc) is 2.34. The molecule has 0 aromatic carbocycles. The highest BCUT2D eigenvalue weighted by molar-refractivity contribution is 6.13. The van der Waals surface area contributed by atoms with E-state index >= 15 is 0 Å². The van der Waals surface area contributed by atoms with Crippen LogP contribution in [0.25, 0.3) is 0 Å². The van der Waals surface area contributed by atoms with Gasteiger partial charge in [0, 0.05) is 13.6 Å². The normalized spacial score (nSPS) is 16.7. The molecule has 0 N–H and O–H groups in total. The lowest BCUT2D eigenvalue weighted by Crippen LogP contribution is -2.53.